The summed E-state index contributed by atoms with van der Waals surface area (Å²) in [6.45, 7) is 4.96. The number of carbonyl (C=O) groups is 5. The maximum absolute atomic E-state index is 14.3. The van der Waals surface area contributed by atoms with Crippen molar-refractivity contribution in [3.8, 4) is 0 Å². The van der Waals surface area contributed by atoms with Gasteiger partial charge in [-0.25, -0.2) is 0 Å². The largest absolute Gasteiger partial charge is 0.396 e. The number of benzene rings is 1. The van der Waals surface area contributed by atoms with Crippen LogP contribution in [-0.2, 0) is 18.9 Å². The first-order chi connectivity index (χ1) is 21.7. The van der Waals surface area contributed by atoms with Gasteiger partial charge in [0.2, 0.25) is 17.7 Å². The minimum absolute atomic E-state index is 0.102. The van der Waals surface area contributed by atoms with Gasteiger partial charge in [-0.15, -0.1) is 0 Å². The molecule has 2 aromatic rings. The second-order valence-electron chi connectivity index (χ2n) is 13.2. The highest BCUT2D eigenvalue weighted by Crippen LogP contribution is 2.39. The van der Waals surface area contributed by atoms with Crippen molar-refractivity contribution < 1.29 is 38.3 Å². The molecule has 3 heterocycles. The number of nitrogens with one attached hydrogen (secondary N) is 3. The van der Waals surface area contributed by atoms with Crippen LogP contribution in [0.15, 0.2) is 24.3 Å². The summed E-state index contributed by atoms with van der Waals surface area (Å²) in [6, 6.07) is 3.74. The molecule has 5 rings (SSSR count). The standard InChI is InChI=1S/C31H43N6O8P/c1-18(2)36-14-10-21-6-8-25(28(40)35-31(11-3-4-12-31)13-9-26(32)38)37(21)29(41)24(17-36)34-27(39)23-16-20-15-19(5-7-22(20)33-23)30(42)46(43,44)45/h5,7,15-16,18,21,24-25,33H,3-4,6,8-14,17H2,1-2H3,(H2,32,38)(H,34,39)(H,35,40)(H2,43,44,45)/t21-,24+,25+/m1/s1. The van der Waals surface area contributed by atoms with Gasteiger partial charge in [0.1, 0.15) is 17.8 Å². The van der Waals surface area contributed by atoms with Crippen LogP contribution in [0.25, 0.3) is 10.9 Å². The second-order valence-corrected chi connectivity index (χ2v) is 14.7. The molecule has 15 heteroatoms. The molecule has 250 valence electrons. The number of carbonyl (C=O) groups excluding carboxylic acids is 5. The van der Waals surface area contributed by atoms with Crippen molar-refractivity contribution in [2.75, 3.05) is 13.1 Å². The number of fused-ring (bicyclic) bond motifs is 2. The van der Waals surface area contributed by atoms with Crippen molar-refractivity contribution in [2.24, 2.45) is 5.73 Å². The van der Waals surface area contributed by atoms with Crippen LogP contribution in [-0.4, -0.2) is 96.5 Å². The maximum atomic E-state index is 14.3. The Kier molecular flexibility index (Phi) is 9.74. The fourth-order valence-corrected chi connectivity index (χ4v) is 7.70. The summed E-state index contributed by atoms with van der Waals surface area (Å²) < 4.78 is 11.5. The average molecular weight is 659 g/mol. The number of amides is 4. The number of primary amides is 1. The van der Waals surface area contributed by atoms with Crippen molar-refractivity contribution in [1.82, 2.24) is 25.4 Å². The first-order valence-electron chi connectivity index (χ1n) is 15.9. The van der Waals surface area contributed by atoms with Crippen molar-refractivity contribution in [3.63, 3.8) is 0 Å². The molecular formula is C31H43N6O8P. The van der Waals surface area contributed by atoms with Crippen molar-refractivity contribution in [3.05, 3.63) is 35.5 Å². The summed E-state index contributed by atoms with van der Waals surface area (Å²) >= 11 is 0. The fraction of sp³-hybridized carbons (Fsp3) is 0.581. The van der Waals surface area contributed by atoms with Gasteiger partial charge in [0.15, 0.2) is 0 Å². The van der Waals surface area contributed by atoms with Crippen LogP contribution < -0.4 is 16.4 Å². The molecule has 3 aliphatic rings. The minimum atomic E-state index is -4.99. The number of hydrogen-bond donors (Lipinski definition) is 6. The van der Waals surface area contributed by atoms with Gasteiger partial charge < -0.3 is 36.0 Å². The molecule has 0 spiro atoms. The van der Waals surface area contributed by atoms with E-state index in [0.717, 1.165) is 25.7 Å². The molecule has 2 aliphatic heterocycles. The quantitative estimate of drug-likeness (QED) is 0.205. The Morgan fingerprint density at radius 1 is 1.11 bits per heavy atom. The molecule has 3 atom stereocenters. The summed E-state index contributed by atoms with van der Waals surface area (Å²) in [6.07, 6.45) is 5.83. The summed E-state index contributed by atoms with van der Waals surface area (Å²) in [7, 11) is -4.99. The minimum Gasteiger partial charge on any atom is -0.370 e. The lowest BCUT2D eigenvalue weighted by molar-refractivity contribution is -0.144. The van der Waals surface area contributed by atoms with Crippen LogP contribution >= 0.6 is 7.60 Å². The Balaban J connectivity index is 1.37. The van der Waals surface area contributed by atoms with Gasteiger partial charge in [-0.1, -0.05) is 12.8 Å². The van der Waals surface area contributed by atoms with Crippen LogP contribution in [0.3, 0.4) is 0 Å². The molecule has 7 N–H and O–H groups in total. The zero-order chi connectivity index (χ0) is 33.4. The second kappa shape index (κ2) is 13.3. The number of nitrogens with zero attached hydrogens (tertiary/aromatic N) is 2. The summed E-state index contributed by atoms with van der Waals surface area (Å²) in [5.74, 6) is -1.58. The molecule has 3 fully saturated rings. The van der Waals surface area contributed by atoms with E-state index in [4.69, 9.17) is 5.73 Å². The third kappa shape index (κ3) is 7.20. The van der Waals surface area contributed by atoms with E-state index in [9.17, 15) is 38.3 Å². The Hall–Kier alpha value is -3.58. The van der Waals surface area contributed by atoms with E-state index in [1.54, 1.807) is 4.90 Å². The average Bonchev–Trinajstić information content (AvgIpc) is 3.73. The first-order valence-corrected chi connectivity index (χ1v) is 17.5. The fourth-order valence-electron chi connectivity index (χ4n) is 7.22. The molecule has 46 heavy (non-hydrogen) atoms. The Morgan fingerprint density at radius 3 is 2.48 bits per heavy atom. The number of nitrogens with two attached hydrogens (primary N) is 1. The lowest BCUT2D eigenvalue weighted by atomic mass is 9.90. The molecule has 1 aromatic carbocycles. The highest BCUT2D eigenvalue weighted by molar-refractivity contribution is 7.70. The number of H-pyrrole nitrogens is 1. The highest BCUT2D eigenvalue weighted by atomic mass is 31.2. The van der Waals surface area contributed by atoms with Gasteiger partial charge >= 0.3 is 7.60 Å². The maximum Gasteiger partial charge on any atom is 0.396 e. The highest BCUT2D eigenvalue weighted by Gasteiger charge is 2.47. The topological polar surface area (TPSA) is 215 Å². The van der Waals surface area contributed by atoms with E-state index < -0.39 is 42.6 Å². The van der Waals surface area contributed by atoms with E-state index in [1.807, 2.05) is 13.8 Å². The number of aromatic nitrogens is 1. The van der Waals surface area contributed by atoms with Crippen LogP contribution in [0.1, 0.15) is 92.5 Å². The molecule has 4 amide bonds. The van der Waals surface area contributed by atoms with Gasteiger partial charge in [0.05, 0.1) is 0 Å². The van der Waals surface area contributed by atoms with Gasteiger partial charge in [-0.2, -0.15) is 0 Å². The van der Waals surface area contributed by atoms with Crippen LogP contribution in [0.4, 0.5) is 0 Å². The third-order valence-corrected chi connectivity index (χ3v) is 10.5. The molecular weight excluding hydrogens is 615 g/mol. The van der Waals surface area contributed by atoms with Gasteiger partial charge in [0.25, 0.3) is 11.4 Å². The smallest absolute Gasteiger partial charge is 0.370 e. The Bertz CT molecular complexity index is 1580. The first kappa shape index (κ1) is 33.8. The van der Waals surface area contributed by atoms with Crippen LogP contribution in [0, 0.1) is 0 Å². The van der Waals surface area contributed by atoms with E-state index in [-0.39, 0.29) is 48.1 Å². The van der Waals surface area contributed by atoms with Crippen molar-refractivity contribution in [2.45, 2.75) is 101 Å². The number of aromatic amines is 1. The molecule has 1 saturated carbocycles. The van der Waals surface area contributed by atoms with E-state index in [0.29, 0.717) is 43.1 Å². The zero-order valence-electron chi connectivity index (χ0n) is 26.2. The molecule has 14 nitrogen and oxygen atoms in total. The normalized spacial score (nSPS) is 23.6. The van der Waals surface area contributed by atoms with Gasteiger partial charge in [-0.3, -0.25) is 33.4 Å². The van der Waals surface area contributed by atoms with E-state index in [2.05, 4.69) is 20.5 Å². The molecule has 1 aliphatic carbocycles. The summed E-state index contributed by atoms with van der Waals surface area (Å²) in [4.78, 5) is 90.5. The van der Waals surface area contributed by atoms with Crippen LogP contribution in [0.5, 0.6) is 0 Å². The molecule has 1 aromatic heterocycles. The zero-order valence-corrected chi connectivity index (χ0v) is 27.1. The van der Waals surface area contributed by atoms with Crippen molar-refractivity contribution >= 4 is 47.7 Å². The SMILES string of the molecule is CC(C)N1CC[C@H]2CC[C@@H](C(=O)NC3(CCC(N)=O)CCCC3)N2C(=O)[C@@H](NC(=O)c2cc3cc(C(=O)P(=O)(O)O)ccc3[nH]2)C1. The van der Waals surface area contributed by atoms with Crippen LogP contribution in [0.2, 0.25) is 0 Å². The molecule has 0 unspecified atom stereocenters. The van der Waals surface area contributed by atoms with E-state index in [1.165, 1.54) is 24.3 Å². The number of hydrogen-bond acceptors (Lipinski definition) is 7. The predicted molar refractivity (Wildman–Crippen MR) is 169 cm³/mol. The predicted octanol–water partition coefficient (Wildman–Crippen LogP) is 1.75. The van der Waals surface area contributed by atoms with Gasteiger partial charge in [-0.05, 0) is 76.6 Å². The molecule has 0 bridgehead atoms. The third-order valence-electron chi connectivity index (χ3n) is 9.74. The van der Waals surface area contributed by atoms with E-state index >= 15 is 0 Å². The lowest BCUT2D eigenvalue weighted by Crippen LogP contribution is -2.62. The monoisotopic (exact) mass is 658 g/mol. The molecule has 2 saturated heterocycles. The number of rotatable bonds is 10. The Morgan fingerprint density at radius 2 is 1.83 bits per heavy atom. The molecule has 0 radical (unpaired) electrons. The lowest BCUT2D eigenvalue weighted by Gasteiger charge is -2.40. The van der Waals surface area contributed by atoms with Crippen molar-refractivity contribution in [1.29, 1.82) is 0 Å². The summed E-state index contributed by atoms with van der Waals surface area (Å²) in [5.41, 5.74) is 3.96. The van der Waals surface area contributed by atoms with Gasteiger partial charge in [0, 0.05) is 53.6 Å². The summed E-state index contributed by atoms with van der Waals surface area (Å²) in [5, 5.41) is 6.47. The Labute approximate surface area is 267 Å².